The van der Waals surface area contributed by atoms with E-state index in [2.05, 4.69) is 11.9 Å². The molecular weight excluding hydrogens is 502 g/mol. The molecule has 0 spiro atoms. The fourth-order valence-electron chi connectivity index (χ4n) is 3.82. The number of rotatable bonds is 14. The van der Waals surface area contributed by atoms with Crippen molar-refractivity contribution in [3.05, 3.63) is 83.1 Å². The van der Waals surface area contributed by atoms with Crippen LogP contribution >= 0.6 is 11.3 Å². The highest BCUT2D eigenvalue weighted by atomic mass is 32.1. The normalized spacial score (nSPS) is 10.4. The number of benzene rings is 2. The van der Waals surface area contributed by atoms with Gasteiger partial charge in [-0.15, -0.1) is 17.9 Å². The van der Waals surface area contributed by atoms with Gasteiger partial charge in [0.1, 0.15) is 12.3 Å². The number of thiophene rings is 1. The van der Waals surface area contributed by atoms with Crippen molar-refractivity contribution in [1.82, 2.24) is 9.80 Å². The first-order valence-corrected chi connectivity index (χ1v) is 13.3. The molecule has 3 amide bonds. The number of hydrogen-bond donors (Lipinski definition) is 1. The van der Waals surface area contributed by atoms with Crippen LogP contribution in [0.2, 0.25) is 0 Å². The molecule has 0 unspecified atom stereocenters. The van der Waals surface area contributed by atoms with E-state index in [1.807, 2.05) is 42.6 Å². The van der Waals surface area contributed by atoms with Crippen molar-refractivity contribution < 1.29 is 23.8 Å². The Morgan fingerprint density at radius 3 is 2.42 bits per heavy atom. The van der Waals surface area contributed by atoms with Crippen LogP contribution in [-0.2, 0) is 17.8 Å². The van der Waals surface area contributed by atoms with Gasteiger partial charge in [-0.1, -0.05) is 18.2 Å². The molecule has 0 fully saturated rings. The second-order valence-electron chi connectivity index (χ2n) is 8.39. The first-order valence-electron chi connectivity index (χ1n) is 12.4. The first-order chi connectivity index (χ1) is 18.5. The number of nitrogens with zero attached hydrogens (tertiary/aromatic N) is 2. The average molecular weight is 538 g/mol. The van der Waals surface area contributed by atoms with Crippen LogP contribution in [0.25, 0.3) is 0 Å². The predicted octanol–water partition coefficient (Wildman–Crippen LogP) is 5.46. The Balaban J connectivity index is 1.70. The molecule has 0 aliphatic carbocycles. The summed E-state index contributed by atoms with van der Waals surface area (Å²) in [6, 6.07) is 16.4. The van der Waals surface area contributed by atoms with Crippen LogP contribution in [0.1, 0.15) is 17.4 Å². The van der Waals surface area contributed by atoms with Gasteiger partial charge in [-0.3, -0.25) is 4.79 Å². The zero-order valence-electron chi connectivity index (χ0n) is 22.1. The lowest BCUT2D eigenvalue weighted by Gasteiger charge is -2.27. The summed E-state index contributed by atoms with van der Waals surface area (Å²) in [6.45, 7) is 7.34. The maximum atomic E-state index is 13.5. The number of hydrogen-bond acceptors (Lipinski definition) is 6. The molecule has 1 heterocycles. The van der Waals surface area contributed by atoms with Gasteiger partial charge in [0.15, 0.2) is 11.5 Å². The lowest BCUT2D eigenvalue weighted by Crippen LogP contribution is -2.44. The molecule has 2 aromatic carbocycles. The largest absolute Gasteiger partial charge is 0.494 e. The fraction of sp³-hybridized carbons (Fsp3) is 0.310. The first kappa shape index (κ1) is 28.6. The van der Waals surface area contributed by atoms with E-state index < -0.39 is 0 Å². The Morgan fingerprint density at radius 2 is 1.79 bits per heavy atom. The summed E-state index contributed by atoms with van der Waals surface area (Å²) in [4.78, 5) is 30.8. The van der Waals surface area contributed by atoms with Gasteiger partial charge in [0.2, 0.25) is 5.91 Å². The van der Waals surface area contributed by atoms with Gasteiger partial charge in [0.25, 0.3) is 0 Å². The highest BCUT2D eigenvalue weighted by Crippen LogP contribution is 2.28. The van der Waals surface area contributed by atoms with Gasteiger partial charge in [0, 0.05) is 23.7 Å². The fourth-order valence-corrected chi connectivity index (χ4v) is 4.54. The van der Waals surface area contributed by atoms with Gasteiger partial charge in [-0.2, -0.15) is 0 Å². The summed E-state index contributed by atoms with van der Waals surface area (Å²) in [7, 11) is 3.20. The smallest absolute Gasteiger partial charge is 0.322 e. The molecule has 0 bridgehead atoms. The molecule has 3 rings (SSSR count). The van der Waals surface area contributed by atoms with Gasteiger partial charge in [0.05, 0.1) is 27.4 Å². The topological polar surface area (TPSA) is 80.3 Å². The maximum absolute atomic E-state index is 13.5. The lowest BCUT2D eigenvalue weighted by molar-refractivity contribution is -0.132. The zero-order chi connectivity index (χ0) is 27.3. The van der Waals surface area contributed by atoms with Crippen molar-refractivity contribution in [1.29, 1.82) is 0 Å². The Labute approximate surface area is 228 Å². The van der Waals surface area contributed by atoms with Crippen molar-refractivity contribution in [2.75, 3.05) is 45.8 Å². The summed E-state index contributed by atoms with van der Waals surface area (Å²) in [5.74, 6) is 1.87. The van der Waals surface area contributed by atoms with Crippen molar-refractivity contribution in [2.45, 2.75) is 19.9 Å². The average Bonchev–Trinajstić information content (AvgIpc) is 3.45. The minimum absolute atomic E-state index is 0.0772. The van der Waals surface area contributed by atoms with Crippen molar-refractivity contribution in [3.63, 3.8) is 0 Å². The van der Waals surface area contributed by atoms with E-state index in [1.165, 1.54) is 4.90 Å². The molecular formula is C29H35N3O5S. The second-order valence-corrected chi connectivity index (χ2v) is 9.42. The third kappa shape index (κ3) is 8.27. The quantitative estimate of drug-likeness (QED) is 0.277. The summed E-state index contributed by atoms with van der Waals surface area (Å²) in [5.41, 5.74) is 1.63. The van der Waals surface area contributed by atoms with Gasteiger partial charge >= 0.3 is 6.03 Å². The van der Waals surface area contributed by atoms with Crippen LogP contribution < -0.4 is 19.5 Å². The molecule has 0 aliphatic rings. The molecule has 8 nitrogen and oxygen atoms in total. The third-order valence-corrected chi connectivity index (χ3v) is 6.64. The molecule has 0 aliphatic heterocycles. The van der Waals surface area contributed by atoms with Gasteiger partial charge < -0.3 is 29.3 Å². The molecule has 38 heavy (non-hydrogen) atoms. The highest BCUT2D eigenvalue weighted by Gasteiger charge is 2.21. The number of ether oxygens (including phenoxy) is 3. The van der Waals surface area contributed by atoms with E-state index in [1.54, 1.807) is 60.8 Å². The molecule has 0 atom stereocenters. The monoisotopic (exact) mass is 537 g/mol. The van der Waals surface area contributed by atoms with E-state index in [4.69, 9.17) is 14.2 Å². The van der Waals surface area contributed by atoms with Crippen molar-refractivity contribution in [2.24, 2.45) is 0 Å². The van der Waals surface area contributed by atoms with Gasteiger partial charge in [-0.05, 0) is 66.8 Å². The van der Waals surface area contributed by atoms with Crippen LogP contribution in [0.4, 0.5) is 10.5 Å². The number of amides is 3. The van der Waals surface area contributed by atoms with Crippen molar-refractivity contribution in [3.8, 4) is 17.2 Å². The number of urea groups is 1. The van der Waals surface area contributed by atoms with Crippen molar-refractivity contribution >= 4 is 29.0 Å². The minimum atomic E-state index is -0.377. The molecule has 0 saturated carbocycles. The SMILES string of the molecule is C=CCN(CC(=O)N(CCc1ccc(OC)c(OC)c1)Cc1cccs1)C(=O)Nc1ccc(OCC)cc1. The van der Waals surface area contributed by atoms with Crippen LogP contribution in [0.15, 0.2) is 72.6 Å². The van der Waals surface area contributed by atoms with E-state index in [9.17, 15) is 9.59 Å². The Morgan fingerprint density at radius 1 is 1.03 bits per heavy atom. The Bertz CT molecular complexity index is 1180. The highest BCUT2D eigenvalue weighted by molar-refractivity contribution is 7.09. The molecule has 1 N–H and O–H groups in total. The van der Waals surface area contributed by atoms with E-state index in [-0.39, 0.29) is 25.0 Å². The molecule has 202 valence electrons. The number of carbonyl (C=O) groups is 2. The van der Waals surface area contributed by atoms with Gasteiger partial charge in [-0.25, -0.2) is 4.79 Å². The molecule has 0 saturated heterocycles. The zero-order valence-corrected chi connectivity index (χ0v) is 23.0. The molecule has 1 aromatic heterocycles. The number of anilines is 1. The minimum Gasteiger partial charge on any atom is -0.494 e. The Hall–Kier alpha value is -3.98. The van der Waals surface area contributed by atoms with E-state index in [0.717, 1.165) is 16.2 Å². The summed E-state index contributed by atoms with van der Waals surface area (Å²) >= 11 is 1.59. The van der Waals surface area contributed by atoms with Crippen LogP contribution in [0.5, 0.6) is 17.2 Å². The predicted molar refractivity (Wildman–Crippen MR) is 151 cm³/mol. The van der Waals surface area contributed by atoms with Crippen LogP contribution in [-0.4, -0.2) is 62.2 Å². The molecule has 3 aromatic rings. The summed E-state index contributed by atoms with van der Waals surface area (Å²) < 4.78 is 16.2. The van der Waals surface area contributed by atoms with E-state index in [0.29, 0.717) is 43.3 Å². The lowest BCUT2D eigenvalue weighted by atomic mass is 10.1. The summed E-state index contributed by atoms with van der Waals surface area (Å²) in [5, 5.41) is 4.84. The number of carbonyl (C=O) groups excluding carboxylic acids is 2. The molecule has 9 heteroatoms. The third-order valence-electron chi connectivity index (χ3n) is 5.78. The summed E-state index contributed by atoms with van der Waals surface area (Å²) in [6.07, 6.45) is 2.23. The number of nitrogens with one attached hydrogen (secondary N) is 1. The van der Waals surface area contributed by atoms with Crippen LogP contribution in [0.3, 0.4) is 0 Å². The van der Waals surface area contributed by atoms with Crippen LogP contribution in [0, 0.1) is 0 Å². The van der Waals surface area contributed by atoms with E-state index >= 15 is 0 Å². The number of methoxy groups -OCH3 is 2. The standard InChI is InChI=1S/C29H35N3O5S/c1-5-16-32(29(34)30-23-10-12-24(13-11-23)37-6-2)21-28(33)31(20-25-8-7-18-38-25)17-15-22-9-14-26(35-3)27(19-22)36-4/h5,7-14,18-19H,1,6,15-17,20-21H2,2-4H3,(H,30,34). The Kier molecular flexibility index (Phi) is 11.0. The second kappa shape index (κ2) is 14.7. The molecule has 0 radical (unpaired) electrons. The maximum Gasteiger partial charge on any atom is 0.322 e.